The Morgan fingerprint density at radius 1 is 1.45 bits per heavy atom. The van der Waals surface area contributed by atoms with Crippen LogP contribution in [0.1, 0.15) is 29.2 Å². The van der Waals surface area contributed by atoms with Crippen LogP contribution in [0.3, 0.4) is 0 Å². The number of H-pyrrole nitrogens is 1. The van der Waals surface area contributed by atoms with Gasteiger partial charge in [-0.05, 0) is 42.9 Å². The van der Waals surface area contributed by atoms with Crippen LogP contribution in [0.4, 0.5) is 0 Å². The highest BCUT2D eigenvalue weighted by molar-refractivity contribution is 5.89. The van der Waals surface area contributed by atoms with E-state index in [0.29, 0.717) is 17.9 Å². The summed E-state index contributed by atoms with van der Waals surface area (Å²) in [7, 11) is 0. The second kappa shape index (κ2) is 5.25. The summed E-state index contributed by atoms with van der Waals surface area (Å²) >= 11 is 0. The van der Waals surface area contributed by atoms with Gasteiger partial charge in [0.05, 0.1) is 0 Å². The number of likely N-dealkylation sites (tertiary alicyclic amines) is 1. The number of aromatic nitrogens is 1. The lowest BCUT2D eigenvalue weighted by Gasteiger charge is -2.46. The second-order valence-electron chi connectivity index (χ2n) is 6.90. The summed E-state index contributed by atoms with van der Waals surface area (Å²) in [6, 6.07) is 7.18. The Morgan fingerprint density at radius 2 is 2.32 bits per heavy atom. The predicted molar refractivity (Wildman–Crippen MR) is 90.2 cm³/mol. The third-order valence-electron chi connectivity index (χ3n) is 5.62. The maximum Gasteiger partial charge on any atom is 0.0471 e. The van der Waals surface area contributed by atoms with Gasteiger partial charge in [0.15, 0.2) is 0 Å². The van der Waals surface area contributed by atoms with Crippen LogP contribution in [0.15, 0.2) is 30.9 Å². The first kappa shape index (κ1) is 14.0. The van der Waals surface area contributed by atoms with E-state index in [2.05, 4.69) is 41.6 Å². The molecule has 0 amide bonds. The number of aliphatic hydroxyl groups excluding tert-OH is 1. The van der Waals surface area contributed by atoms with Crippen molar-refractivity contribution in [1.29, 1.82) is 0 Å². The molecule has 0 spiro atoms. The molecule has 1 fully saturated rings. The summed E-state index contributed by atoms with van der Waals surface area (Å²) in [4.78, 5) is 6.08. The summed E-state index contributed by atoms with van der Waals surface area (Å²) < 4.78 is 0. The van der Waals surface area contributed by atoms with Crippen molar-refractivity contribution in [1.82, 2.24) is 9.88 Å². The summed E-state index contributed by atoms with van der Waals surface area (Å²) in [6.45, 7) is 8.29. The average molecular weight is 296 g/mol. The van der Waals surface area contributed by atoms with E-state index in [1.807, 2.05) is 6.08 Å². The van der Waals surface area contributed by atoms with Gasteiger partial charge >= 0.3 is 0 Å². The molecule has 116 valence electrons. The molecule has 1 saturated heterocycles. The Balaban J connectivity index is 1.84. The monoisotopic (exact) mass is 296 g/mol. The van der Waals surface area contributed by atoms with Crippen LogP contribution in [-0.2, 0) is 6.42 Å². The summed E-state index contributed by atoms with van der Waals surface area (Å²) in [5.41, 5.74) is 5.54. The Kier molecular flexibility index (Phi) is 3.35. The standard InChI is InChI=1S/C19H24N2O/c1-3-7-21-10-13(11-22)8-16-14-5-4-6-17-19(14)15(9-18(16)21)12(2)20-17/h3-6,13,16,18,20,22H,1,7-11H2,2H3/t13-,16?,18-/m1/s1. The minimum atomic E-state index is 0.284. The van der Waals surface area contributed by atoms with Crippen molar-refractivity contribution in [3.8, 4) is 0 Å². The number of nitrogens with zero attached hydrogens (tertiary/aromatic N) is 1. The number of aromatic amines is 1. The maximum atomic E-state index is 9.70. The van der Waals surface area contributed by atoms with E-state index in [9.17, 15) is 5.11 Å². The smallest absolute Gasteiger partial charge is 0.0471 e. The summed E-state index contributed by atoms with van der Waals surface area (Å²) in [5.74, 6) is 0.898. The van der Waals surface area contributed by atoms with Gasteiger partial charge in [-0.15, -0.1) is 6.58 Å². The third kappa shape index (κ3) is 1.96. The number of aryl methyl sites for hydroxylation is 1. The van der Waals surface area contributed by atoms with Gasteiger partial charge in [-0.25, -0.2) is 0 Å². The average Bonchev–Trinajstić information content (AvgIpc) is 2.85. The first-order valence-corrected chi connectivity index (χ1v) is 8.28. The molecule has 2 aromatic rings. The molecule has 4 rings (SSSR count). The van der Waals surface area contributed by atoms with Crippen molar-refractivity contribution in [3.05, 3.63) is 47.7 Å². The fourth-order valence-electron chi connectivity index (χ4n) is 4.68. The minimum absolute atomic E-state index is 0.284. The Bertz CT molecular complexity index is 718. The molecule has 1 aromatic carbocycles. The maximum absolute atomic E-state index is 9.70. The number of rotatable bonds is 3. The molecule has 3 atom stereocenters. The summed E-state index contributed by atoms with van der Waals surface area (Å²) in [6.07, 6.45) is 4.20. The van der Waals surface area contributed by atoms with Crippen LogP contribution in [0, 0.1) is 12.8 Å². The fraction of sp³-hybridized carbons (Fsp3) is 0.474. The molecule has 3 nitrogen and oxygen atoms in total. The molecule has 22 heavy (non-hydrogen) atoms. The van der Waals surface area contributed by atoms with Crippen LogP contribution in [0.2, 0.25) is 0 Å². The van der Waals surface area contributed by atoms with Crippen LogP contribution in [0.5, 0.6) is 0 Å². The van der Waals surface area contributed by atoms with Gasteiger partial charge in [-0.2, -0.15) is 0 Å². The lowest BCUT2D eigenvalue weighted by Crippen LogP contribution is -2.50. The lowest BCUT2D eigenvalue weighted by molar-refractivity contribution is 0.0660. The molecule has 0 saturated carbocycles. The SMILES string of the molecule is C=CCN1C[C@H](CO)CC2c3cccc4[nH]c(C)c(c34)C[C@H]21. The molecule has 1 aromatic heterocycles. The van der Waals surface area contributed by atoms with E-state index < -0.39 is 0 Å². The Morgan fingerprint density at radius 3 is 3.09 bits per heavy atom. The molecule has 1 aliphatic heterocycles. The van der Waals surface area contributed by atoms with Crippen molar-refractivity contribution in [2.24, 2.45) is 5.92 Å². The highest BCUT2D eigenvalue weighted by Gasteiger charge is 2.40. The van der Waals surface area contributed by atoms with E-state index >= 15 is 0 Å². The number of benzene rings is 1. The fourth-order valence-corrected chi connectivity index (χ4v) is 4.68. The molecule has 1 aliphatic carbocycles. The van der Waals surface area contributed by atoms with Gasteiger partial charge in [0, 0.05) is 48.3 Å². The number of hydrogen-bond acceptors (Lipinski definition) is 2. The summed E-state index contributed by atoms with van der Waals surface area (Å²) in [5, 5.41) is 11.1. The largest absolute Gasteiger partial charge is 0.396 e. The van der Waals surface area contributed by atoms with Gasteiger partial charge in [0.1, 0.15) is 0 Å². The zero-order valence-electron chi connectivity index (χ0n) is 13.2. The first-order chi connectivity index (χ1) is 10.7. The lowest BCUT2D eigenvalue weighted by atomic mass is 9.72. The highest BCUT2D eigenvalue weighted by atomic mass is 16.3. The molecule has 2 aliphatic rings. The third-order valence-corrected chi connectivity index (χ3v) is 5.62. The van der Waals surface area contributed by atoms with Crippen LogP contribution >= 0.6 is 0 Å². The van der Waals surface area contributed by atoms with Crippen LogP contribution < -0.4 is 0 Å². The molecule has 3 heteroatoms. The molecule has 1 unspecified atom stereocenters. The molecule has 0 radical (unpaired) electrons. The van der Waals surface area contributed by atoms with E-state index in [-0.39, 0.29) is 6.61 Å². The predicted octanol–water partition coefficient (Wildman–Crippen LogP) is 2.98. The van der Waals surface area contributed by atoms with Crippen LogP contribution in [0.25, 0.3) is 10.9 Å². The molecular weight excluding hydrogens is 272 g/mol. The van der Waals surface area contributed by atoms with Gasteiger partial charge in [-0.1, -0.05) is 18.2 Å². The van der Waals surface area contributed by atoms with Crippen LogP contribution in [-0.4, -0.2) is 40.7 Å². The van der Waals surface area contributed by atoms with Gasteiger partial charge < -0.3 is 10.1 Å². The zero-order chi connectivity index (χ0) is 15.3. The Hall–Kier alpha value is -1.58. The number of aliphatic hydroxyl groups is 1. The number of hydrogen-bond donors (Lipinski definition) is 2. The van der Waals surface area contributed by atoms with Crippen molar-refractivity contribution >= 4 is 10.9 Å². The van der Waals surface area contributed by atoms with Gasteiger partial charge in [0.25, 0.3) is 0 Å². The van der Waals surface area contributed by atoms with E-state index in [4.69, 9.17) is 0 Å². The zero-order valence-corrected chi connectivity index (χ0v) is 13.2. The van der Waals surface area contributed by atoms with Crippen molar-refractivity contribution in [3.63, 3.8) is 0 Å². The molecular formula is C19H24N2O. The van der Waals surface area contributed by atoms with Crippen molar-refractivity contribution in [2.75, 3.05) is 19.7 Å². The van der Waals surface area contributed by atoms with E-state index in [1.54, 1.807) is 0 Å². The number of fused-ring (bicyclic) bond motifs is 2. The minimum Gasteiger partial charge on any atom is -0.396 e. The molecule has 2 N–H and O–H groups in total. The highest BCUT2D eigenvalue weighted by Crippen LogP contribution is 2.45. The topological polar surface area (TPSA) is 39.3 Å². The molecule has 0 bridgehead atoms. The molecule has 2 heterocycles. The number of piperidine rings is 1. The van der Waals surface area contributed by atoms with E-state index in [0.717, 1.165) is 25.9 Å². The number of nitrogens with one attached hydrogen (secondary N) is 1. The van der Waals surface area contributed by atoms with Gasteiger partial charge in [-0.3, -0.25) is 4.90 Å². The first-order valence-electron chi connectivity index (χ1n) is 8.28. The van der Waals surface area contributed by atoms with E-state index in [1.165, 1.54) is 27.7 Å². The quantitative estimate of drug-likeness (QED) is 0.855. The second-order valence-corrected chi connectivity index (χ2v) is 6.90. The van der Waals surface area contributed by atoms with Gasteiger partial charge in [0.2, 0.25) is 0 Å². The van der Waals surface area contributed by atoms with Crippen molar-refractivity contribution < 1.29 is 5.11 Å². The van der Waals surface area contributed by atoms with Crippen molar-refractivity contribution in [2.45, 2.75) is 31.7 Å². The normalized spacial score (nSPS) is 27.8. The Labute approximate surface area is 131 Å².